The summed E-state index contributed by atoms with van der Waals surface area (Å²) in [5.74, 6) is -0.202. The summed E-state index contributed by atoms with van der Waals surface area (Å²) in [6.45, 7) is 6.16. The number of rotatable bonds is 3. The molecule has 2 rings (SSSR count). The van der Waals surface area contributed by atoms with E-state index in [1.807, 2.05) is 32.0 Å². The number of benzene rings is 2. The maximum absolute atomic E-state index is 12.0. The lowest BCUT2D eigenvalue weighted by atomic mass is 10.0. The van der Waals surface area contributed by atoms with Crippen LogP contribution in [0.5, 0.6) is 0 Å². The van der Waals surface area contributed by atoms with Crippen molar-refractivity contribution < 1.29 is 4.79 Å². The van der Waals surface area contributed by atoms with E-state index in [1.54, 1.807) is 12.3 Å². The molecule has 0 aromatic heterocycles. The maximum atomic E-state index is 12.0. The first-order valence-electron chi connectivity index (χ1n) is 6.64. The number of hydrogen-bond acceptors (Lipinski definition) is 2. The molecule has 0 bridgehead atoms. The van der Waals surface area contributed by atoms with Crippen molar-refractivity contribution in [2.24, 2.45) is 5.10 Å². The van der Waals surface area contributed by atoms with Crippen LogP contribution in [0.25, 0.3) is 0 Å². The lowest BCUT2D eigenvalue weighted by Crippen LogP contribution is -2.17. The van der Waals surface area contributed by atoms with Crippen molar-refractivity contribution in [2.45, 2.75) is 20.8 Å². The molecule has 3 nitrogen and oxygen atoms in total. The second-order valence-corrected chi connectivity index (χ2v) is 6.27. The first kappa shape index (κ1) is 15.7. The van der Waals surface area contributed by atoms with Gasteiger partial charge in [0, 0.05) is 14.7 Å². The molecule has 0 heterocycles. The van der Waals surface area contributed by atoms with Gasteiger partial charge in [-0.3, -0.25) is 4.79 Å². The molecular formula is C17H17IN2O. The molecule has 2 aromatic carbocycles. The number of hydrazone groups is 1. The minimum atomic E-state index is -0.202. The predicted molar refractivity (Wildman–Crippen MR) is 94.9 cm³/mol. The molecule has 0 fully saturated rings. The van der Waals surface area contributed by atoms with E-state index >= 15 is 0 Å². The molecule has 2 aromatic rings. The zero-order valence-electron chi connectivity index (χ0n) is 12.3. The molecule has 1 amide bonds. The van der Waals surface area contributed by atoms with Crippen molar-refractivity contribution >= 4 is 34.7 Å². The van der Waals surface area contributed by atoms with Gasteiger partial charge in [-0.1, -0.05) is 23.8 Å². The van der Waals surface area contributed by atoms with E-state index < -0.39 is 0 Å². The highest BCUT2D eigenvalue weighted by atomic mass is 127. The van der Waals surface area contributed by atoms with Gasteiger partial charge < -0.3 is 0 Å². The fourth-order valence-corrected chi connectivity index (χ4v) is 2.79. The van der Waals surface area contributed by atoms with Crippen LogP contribution in [0.15, 0.2) is 41.5 Å². The molecule has 0 unspecified atom stereocenters. The smallest absolute Gasteiger partial charge is 0.267 e. The Morgan fingerprint density at radius 2 is 1.81 bits per heavy atom. The molecule has 21 heavy (non-hydrogen) atoms. The van der Waals surface area contributed by atoms with Crippen molar-refractivity contribution in [3.63, 3.8) is 0 Å². The summed E-state index contributed by atoms with van der Waals surface area (Å²) in [4.78, 5) is 12.0. The second kappa shape index (κ2) is 6.85. The Hall–Kier alpha value is -1.69. The lowest BCUT2D eigenvalue weighted by Gasteiger charge is -2.06. The van der Waals surface area contributed by atoms with E-state index in [0.29, 0.717) is 5.56 Å². The van der Waals surface area contributed by atoms with Crippen molar-refractivity contribution in [3.05, 3.63) is 67.8 Å². The number of nitrogens with zero attached hydrogens (tertiary/aromatic N) is 1. The fourth-order valence-electron chi connectivity index (χ4n) is 2.24. The number of carbonyl (C=O) groups excluding carboxylic acids is 1. The molecule has 0 saturated heterocycles. The average Bonchev–Trinajstić information content (AvgIpc) is 2.41. The monoisotopic (exact) mass is 392 g/mol. The Kier molecular flexibility index (Phi) is 5.12. The molecule has 108 valence electrons. The number of aryl methyl sites for hydroxylation is 3. The normalized spacial score (nSPS) is 10.9. The van der Waals surface area contributed by atoms with E-state index in [4.69, 9.17) is 0 Å². The van der Waals surface area contributed by atoms with Crippen LogP contribution in [0.4, 0.5) is 0 Å². The van der Waals surface area contributed by atoms with Gasteiger partial charge in [-0.2, -0.15) is 5.10 Å². The third-order valence-corrected chi connectivity index (χ3v) is 3.86. The van der Waals surface area contributed by atoms with Crippen LogP contribution in [0.2, 0.25) is 0 Å². The summed E-state index contributed by atoms with van der Waals surface area (Å²) in [7, 11) is 0. The van der Waals surface area contributed by atoms with Gasteiger partial charge in [0.25, 0.3) is 5.91 Å². The standard InChI is InChI=1S/C17H17IN2O/c1-11-7-12(2)16(13(3)8-11)10-19-20-17(21)14-5-4-6-15(18)9-14/h4-10H,1-3H3,(H,20,21)/b19-10+. The Labute approximate surface area is 138 Å². The van der Waals surface area contributed by atoms with Crippen LogP contribution >= 0.6 is 22.6 Å². The van der Waals surface area contributed by atoms with Crippen molar-refractivity contribution in [1.82, 2.24) is 5.43 Å². The van der Waals surface area contributed by atoms with Crippen LogP contribution in [0, 0.1) is 24.3 Å². The molecule has 4 heteroatoms. The largest absolute Gasteiger partial charge is 0.271 e. The maximum Gasteiger partial charge on any atom is 0.271 e. The fraction of sp³-hybridized carbons (Fsp3) is 0.176. The topological polar surface area (TPSA) is 41.5 Å². The van der Waals surface area contributed by atoms with Gasteiger partial charge in [-0.15, -0.1) is 0 Å². The lowest BCUT2D eigenvalue weighted by molar-refractivity contribution is 0.0955. The Morgan fingerprint density at radius 3 is 2.43 bits per heavy atom. The molecule has 0 aliphatic rings. The highest BCUT2D eigenvalue weighted by Gasteiger charge is 2.05. The average molecular weight is 392 g/mol. The van der Waals surface area contributed by atoms with E-state index in [0.717, 1.165) is 20.3 Å². The van der Waals surface area contributed by atoms with E-state index in [-0.39, 0.29) is 5.91 Å². The van der Waals surface area contributed by atoms with E-state index in [1.165, 1.54) is 5.56 Å². The Morgan fingerprint density at radius 1 is 1.14 bits per heavy atom. The summed E-state index contributed by atoms with van der Waals surface area (Å²) in [6, 6.07) is 11.6. The summed E-state index contributed by atoms with van der Waals surface area (Å²) < 4.78 is 1.02. The predicted octanol–water partition coefficient (Wildman–Crippen LogP) is 3.98. The molecule has 0 aliphatic heterocycles. The Bertz CT molecular complexity index is 685. The highest BCUT2D eigenvalue weighted by molar-refractivity contribution is 14.1. The summed E-state index contributed by atoms with van der Waals surface area (Å²) in [6.07, 6.45) is 1.70. The summed E-state index contributed by atoms with van der Waals surface area (Å²) in [5.41, 5.74) is 7.76. The minimum Gasteiger partial charge on any atom is -0.267 e. The van der Waals surface area contributed by atoms with Gasteiger partial charge in [-0.05, 0) is 72.7 Å². The third kappa shape index (κ3) is 4.14. The molecule has 0 aliphatic carbocycles. The van der Waals surface area contributed by atoms with Crippen molar-refractivity contribution in [1.29, 1.82) is 0 Å². The number of halogens is 1. The molecular weight excluding hydrogens is 375 g/mol. The third-order valence-electron chi connectivity index (χ3n) is 3.18. The van der Waals surface area contributed by atoms with E-state index in [9.17, 15) is 4.79 Å². The quantitative estimate of drug-likeness (QED) is 0.479. The zero-order valence-corrected chi connectivity index (χ0v) is 14.4. The van der Waals surface area contributed by atoms with Crippen LogP contribution in [-0.2, 0) is 0 Å². The van der Waals surface area contributed by atoms with Gasteiger partial charge in [-0.25, -0.2) is 5.43 Å². The van der Waals surface area contributed by atoms with Crippen LogP contribution in [0.1, 0.15) is 32.6 Å². The van der Waals surface area contributed by atoms with Crippen molar-refractivity contribution in [2.75, 3.05) is 0 Å². The highest BCUT2D eigenvalue weighted by Crippen LogP contribution is 2.14. The van der Waals surface area contributed by atoms with Gasteiger partial charge in [0.2, 0.25) is 0 Å². The van der Waals surface area contributed by atoms with Crippen LogP contribution < -0.4 is 5.43 Å². The molecule has 0 radical (unpaired) electrons. The summed E-state index contributed by atoms with van der Waals surface area (Å²) >= 11 is 2.18. The van der Waals surface area contributed by atoms with Gasteiger partial charge >= 0.3 is 0 Å². The molecule has 0 saturated carbocycles. The van der Waals surface area contributed by atoms with Gasteiger partial charge in [0.15, 0.2) is 0 Å². The number of nitrogens with one attached hydrogen (secondary N) is 1. The second-order valence-electron chi connectivity index (χ2n) is 5.02. The number of amides is 1. The van der Waals surface area contributed by atoms with Gasteiger partial charge in [0.05, 0.1) is 6.21 Å². The van der Waals surface area contributed by atoms with Crippen molar-refractivity contribution in [3.8, 4) is 0 Å². The Balaban J connectivity index is 2.11. The zero-order chi connectivity index (χ0) is 15.4. The molecule has 1 N–H and O–H groups in total. The number of hydrogen-bond donors (Lipinski definition) is 1. The minimum absolute atomic E-state index is 0.202. The summed E-state index contributed by atoms with van der Waals surface area (Å²) in [5, 5.41) is 4.07. The first-order chi connectivity index (χ1) is 9.97. The van der Waals surface area contributed by atoms with E-state index in [2.05, 4.69) is 52.2 Å². The van der Waals surface area contributed by atoms with Gasteiger partial charge in [0.1, 0.15) is 0 Å². The number of carbonyl (C=O) groups is 1. The molecule has 0 spiro atoms. The van der Waals surface area contributed by atoms with Crippen LogP contribution in [0.3, 0.4) is 0 Å². The molecule has 0 atom stereocenters. The first-order valence-corrected chi connectivity index (χ1v) is 7.72. The van der Waals surface area contributed by atoms with Crippen LogP contribution in [-0.4, -0.2) is 12.1 Å². The SMILES string of the molecule is Cc1cc(C)c(/C=N/NC(=O)c2cccc(I)c2)c(C)c1.